The molecule has 2 rings (SSSR count). The fourth-order valence-corrected chi connectivity index (χ4v) is 2.44. The standard InChI is InChI=1S/C16H14ClNO3S/c1-11-13(17)5-2-6-14(11)18-15(19)10-21-16(20)8-7-12-4-3-9-22-12/h2-9H,10H2,1H3,(H,18,19). The third-order valence-corrected chi connectivity index (χ3v) is 4.06. The topological polar surface area (TPSA) is 55.4 Å². The number of rotatable bonds is 5. The molecule has 1 heterocycles. The van der Waals surface area contributed by atoms with Gasteiger partial charge in [0, 0.05) is 21.7 Å². The second-order valence-electron chi connectivity index (χ2n) is 4.42. The van der Waals surface area contributed by atoms with Gasteiger partial charge in [0.1, 0.15) is 0 Å². The van der Waals surface area contributed by atoms with Crippen molar-refractivity contribution >= 4 is 46.6 Å². The zero-order chi connectivity index (χ0) is 15.9. The first-order valence-corrected chi connectivity index (χ1v) is 7.75. The summed E-state index contributed by atoms with van der Waals surface area (Å²) in [6, 6.07) is 8.97. The highest BCUT2D eigenvalue weighted by atomic mass is 35.5. The lowest BCUT2D eigenvalue weighted by Gasteiger charge is -2.09. The number of ether oxygens (including phenoxy) is 1. The molecular formula is C16H14ClNO3S. The van der Waals surface area contributed by atoms with E-state index in [0.29, 0.717) is 10.7 Å². The highest BCUT2D eigenvalue weighted by Crippen LogP contribution is 2.22. The molecule has 1 amide bonds. The molecule has 114 valence electrons. The van der Waals surface area contributed by atoms with Crippen LogP contribution in [-0.2, 0) is 14.3 Å². The predicted octanol–water partition coefficient (Wildman–Crippen LogP) is 3.91. The number of benzene rings is 1. The molecule has 22 heavy (non-hydrogen) atoms. The summed E-state index contributed by atoms with van der Waals surface area (Å²) in [5, 5.41) is 5.13. The van der Waals surface area contributed by atoms with Crippen LogP contribution in [0.15, 0.2) is 41.8 Å². The largest absolute Gasteiger partial charge is 0.452 e. The predicted molar refractivity (Wildman–Crippen MR) is 89.1 cm³/mol. The number of anilines is 1. The Morgan fingerprint density at radius 1 is 1.32 bits per heavy atom. The van der Waals surface area contributed by atoms with Crippen LogP contribution in [0.2, 0.25) is 5.02 Å². The van der Waals surface area contributed by atoms with E-state index in [4.69, 9.17) is 16.3 Å². The zero-order valence-electron chi connectivity index (χ0n) is 11.8. The number of esters is 1. The van der Waals surface area contributed by atoms with Crippen molar-refractivity contribution in [2.24, 2.45) is 0 Å². The zero-order valence-corrected chi connectivity index (χ0v) is 13.4. The van der Waals surface area contributed by atoms with E-state index < -0.39 is 11.9 Å². The van der Waals surface area contributed by atoms with Crippen LogP contribution < -0.4 is 5.32 Å². The molecule has 0 spiro atoms. The van der Waals surface area contributed by atoms with Crippen LogP contribution >= 0.6 is 22.9 Å². The summed E-state index contributed by atoms with van der Waals surface area (Å²) in [5.74, 6) is -0.977. The number of carbonyl (C=O) groups excluding carboxylic acids is 2. The van der Waals surface area contributed by atoms with E-state index in [1.165, 1.54) is 17.4 Å². The van der Waals surface area contributed by atoms with Gasteiger partial charge in [-0.1, -0.05) is 23.7 Å². The molecule has 0 radical (unpaired) electrons. The van der Waals surface area contributed by atoms with Gasteiger partial charge in [0.15, 0.2) is 6.61 Å². The van der Waals surface area contributed by atoms with Crippen LogP contribution in [0.25, 0.3) is 6.08 Å². The Labute approximate surface area is 137 Å². The van der Waals surface area contributed by atoms with Gasteiger partial charge in [-0.15, -0.1) is 11.3 Å². The molecule has 0 aliphatic heterocycles. The molecular weight excluding hydrogens is 322 g/mol. The van der Waals surface area contributed by atoms with Gasteiger partial charge in [0.25, 0.3) is 5.91 Å². The maximum Gasteiger partial charge on any atom is 0.331 e. The summed E-state index contributed by atoms with van der Waals surface area (Å²) in [7, 11) is 0. The summed E-state index contributed by atoms with van der Waals surface area (Å²) in [4.78, 5) is 24.2. The highest BCUT2D eigenvalue weighted by Gasteiger charge is 2.08. The molecule has 1 aromatic heterocycles. The maximum atomic E-state index is 11.8. The van der Waals surface area contributed by atoms with Gasteiger partial charge in [-0.05, 0) is 42.1 Å². The van der Waals surface area contributed by atoms with E-state index in [-0.39, 0.29) is 6.61 Å². The number of amides is 1. The lowest BCUT2D eigenvalue weighted by atomic mass is 10.2. The van der Waals surface area contributed by atoms with Crippen molar-refractivity contribution in [1.29, 1.82) is 0 Å². The number of hydrogen-bond acceptors (Lipinski definition) is 4. The quantitative estimate of drug-likeness (QED) is 0.666. The van der Waals surface area contributed by atoms with Crippen LogP contribution in [0.1, 0.15) is 10.4 Å². The van der Waals surface area contributed by atoms with Crippen LogP contribution in [0.3, 0.4) is 0 Å². The van der Waals surface area contributed by atoms with Crippen molar-refractivity contribution in [3.8, 4) is 0 Å². The fourth-order valence-electron chi connectivity index (χ4n) is 1.65. The van der Waals surface area contributed by atoms with Crippen LogP contribution in [0, 0.1) is 6.92 Å². The SMILES string of the molecule is Cc1c(Cl)cccc1NC(=O)COC(=O)C=Cc1cccs1. The normalized spacial score (nSPS) is 10.6. The molecule has 2 aromatic rings. The van der Waals surface area contributed by atoms with E-state index in [9.17, 15) is 9.59 Å². The van der Waals surface area contributed by atoms with E-state index in [2.05, 4.69) is 5.32 Å². The third kappa shape index (κ3) is 4.72. The molecule has 0 aliphatic rings. The van der Waals surface area contributed by atoms with Gasteiger partial charge in [-0.2, -0.15) is 0 Å². The minimum absolute atomic E-state index is 0.348. The molecule has 1 aromatic carbocycles. The number of halogens is 1. The van der Waals surface area contributed by atoms with Crippen LogP contribution in [-0.4, -0.2) is 18.5 Å². The number of hydrogen-bond donors (Lipinski definition) is 1. The Morgan fingerprint density at radius 2 is 2.14 bits per heavy atom. The summed E-state index contributed by atoms with van der Waals surface area (Å²) in [5.41, 5.74) is 1.36. The summed E-state index contributed by atoms with van der Waals surface area (Å²) in [6.45, 7) is 1.45. The Hall–Kier alpha value is -2.11. The van der Waals surface area contributed by atoms with E-state index in [1.807, 2.05) is 17.5 Å². The van der Waals surface area contributed by atoms with Crippen molar-refractivity contribution in [3.05, 3.63) is 57.3 Å². The number of thiophene rings is 1. The van der Waals surface area contributed by atoms with Crippen molar-refractivity contribution in [2.45, 2.75) is 6.92 Å². The van der Waals surface area contributed by atoms with E-state index >= 15 is 0 Å². The molecule has 0 atom stereocenters. The lowest BCUT2D eigenvalue weighted by Crippen LogP contribution is -2.20. The van der Waals surface area contributed by atoms with Gasteiger partial charge >= 0.3 is 5.97 Å². The molecule has 0 saturated carbocycles. The van der Waals surface area contributed by atoms with Crippen molar-refractivity contribution in [1.82, 2.24) is 0 Å². The molecule has 6 heteroatoms. The average molecular weight is 336 g/mol. The lowest BCUT2D eigenvalue weighted by molar-refractivity contribution is -0.142. The first-order chi connectivity index (χ1) is 10.6. The van der Waals surface area contributed by atoms with Crippen LogP contribution in [0.5, 0.6) is 0 Å². The molecule has 0 fully saturated rings. The Kier molecular flexibility index (Phi) is 5.75. The van der Waals surface area contributed by atoms with Crippen molar-refractivity contribution < 1.29 is 14.3 Å². The van der Waals surface area contributed by atoms with Crippen molar-refractivity contribution in [2.75, 3.05) is 11.9 Å². The minimum atomic E-state index is -0.564. The van der Waals surface area contributed by atoms with E-state index in [1.54, 1.807) is 31.2 Å². The molecule has 4 nitrogen and oxygen atoms in total. The average Bonchev–Trinajstić information content (AvgIpc) is 3.01. The van der Waals surface area contributed by atoms with Gasteiger partial charge in [0.2, 0.25) is 0 Å². The number of nitrogens with one attached hydrogen (secondary N) is 1. The van der Waals surface area contributed by atoms with Gasteiger partial charge in [-0.3, -0.25) is 4.79 Å². The Bertz CT molecular complexity index is 695. The first kappa shape index (κ1) is 16.3. The first-order valence-electron chi connectivity index (χ1n) is 6.49. The second-order valence-corrected chi connectivity index (χ2v) is 5.80. The monoisotopic (exact) mass is 335 g/mol. The Morgan fingerprint density at radius 3 is 2.86 bits per heavy atom. The Balaban J connectivity index is 1.82. The van der Waals surface area contributed by atoms with E-state index in [0.717, 1.165) is 10.4 Å². The molecule has 1 N–H and O–H groups in total. The second kappa shape index (κ2) is 7.77. The summed E-state index contributed by atoms with van der Waals surface area (Å²) in [6.07, 6.45) is 2.94. The molecule has 0 saturated heterocycles. The minimum Gasteiger partial charge on any atom is -0.452 e. The number of carbonyl (C=O) groups is 2. The van der Waals surface area contributed by atoms with Gasteiger partial charge in [0.05, 0.1) is 0 Å². The molecule has 0 bridgehead atoms. The maximum absolute atomic E-state index is 11.8. The third-order valence-electron chi connectivity index (χ3n) is 2.81. The van der Waals surface area contributed by atoms with Gasteiger partial charge in [-0.25, -0.2) is 4.79 Å². The fraction of sp³-hybridized carbons (Fsp3) is 0.125. The smallest absolute Gasteiger partial charge is 0.331 e. The van der Waals surface area contributed by atoms with Gasteiger partial charge < -0.3 is 10.1 Å². The van der Waals surface area contributed by atoms with Crippen molar-refractivity contribution in [3.63, 3.8) is 0 Å². The molecule has 0 aliphatic carbocycles. The summed E-state index contributed by atoms with van der Waals surface area (Å²) < 4.78 is 4.88. The van der Waals surface area contributed by atoms with Crippen LogP contribution in [0.4, 0.5) is 5.69 Å². The molecule has 0 unspecified atom stereocenters. The highest BCUT2D eigenvalue weighted by molar-refractivity contribution is 7.10. The summed E-state index contributed by atoms with van der Waals surface area (Å²) >= 11 is 7.48.